The first kappa shape index (κ1) is 16.5. The number of hydrogen-bond donors (Lipinski definition) is 0. The standard InChI is InChI=1S/C22H21NO3/c1-25-20-12-17-10-16-8-9-23(14-15-6-4-3-5-7-15)22(24)19(16)11-18(17)13-21(20)26-2/h3-7,10-13H,8-9,14H2,1-2H3. The zero-order valence-electron chi connectivity index (χ0n) is 15.0. The molecule has 4 heteroatoms. The van der Waals surface area contributed by atoms with Gasteiger partial charge >= 0.3 is 0 Å². The monoisotopic (exact) mass is 347 g/mol. The Hall–Kier alpha value is -3.01. The van der Waals surface area contributed by atoms with Crippen molar-refractivity contribution >= 4 is 16.7 Å². The molecule has 0 saturated heterocycles. The van der Waals surface area contributed by atoms with Gasteiger partial charge in [0.15, 0.2) is 11.5 Å². The van der Waals surface area contributed by atoms with E-state index in [1.807, 2.05) is 41.3 Å². The average Bonchev–Trinajstić information content (AvgIpc) is 2.68. The van der Waals surface area contributed by atoms with Gasteiger partial charge in [-0.1, -0.05) is 36.4 Å². The predicted molar refractivity (Wildman–Crippen MR) is 102 cm³/mol. The van der Waals surface area contributed by atoms with E-state index in [4.69, 9.17) is 9.47 Å². The maximum atomic E-state index is 13.0. The molecule has 4 rings (SSSR count). The lowest BCUT2D eigenvalue weighted by Crippen LogP contribution is -2.37. The zero-order chi connectivity index (χ0) is 18.1. The minimum atomic E-state index is 0.0896. The Morgan fingerprint density at radius 1 is 0.923 bits per heavy atom. The summed E-state index contributed by atoms with van der Waals surface area (Å²) in [4.78, 5) is 14.9. The molecule has 3 aromatic carbocycles. The second-order valence-corrected chi connectivity index (χ2v) is 6.53. The van der Waals surface area contributed by atoms with Crippen molar-refractivity contribution in [2.45, 2.75) is 13.0 Å². The number of amides is 1. The van der Waals surface area contributed by atoms with Crippen LogP contribution in [-0.2, 0) is 13.0 Å². The lowest BCUT2D eigenvalue weighted by Gasteiger charge is -2.29. The average molecular weight is 347 g/mol. The van der Waals surface area contributed by atoms with Crippen LogP contribution in [0.5, 0.6) is 11.5 Å². The summed E-state index contributed by atoms with van der Waals surface area (Å²) in [5.74, 6) is 1.46. The second-order valence-electron chi connectivity index (χ2n) is 6.53. The van der Waals surface area contributed by atoms with Crippen LogP contribution in [0.2, 0.25) is 0 Å². The molecule has 0 aliphatic carbocycles. The van der Waals surface area contributed by atoms with Crippen LogP contribution < -0.4 is 9.47 Å². The number of rotatable bonds is 4. The fourth-order valence-corrected chi connectivity index (χ4v) is 3.56. The van der Waals surface area contributed by atoms with Crippen LogP contribution in [0.3, 0.4) is 0 Å². The molecule has 1 aliphatic heterocycles. The van der Waals surface area contributed by atoms with E-state index in [0.29, 0.717) is 18.0 Å². The van der Waals surface area contributed by atoms with Crippen LogP contribution in [0.15, 0.2) is 54.6 Å². The molecule has 4 nitrogen and oxygen atoms in total. The van der Waals surface area contributed by atoms with Crippen molar-refractivity contribution in [3.8, 4) is 11.5 Å². The molecule has 0 fully saturated rings. The molecule has 0 N–H and O–H groups in total. The summed E-state index contributed by atoms with van der Waals surface area (Å²) in [5.41, 5.74) is 3.03. The van der Waals surface area contributed by atoms with Gasteiger partial charge in [0.05, 0.1) is 14.2 Å². The van der Waals surface area contributed by atoms with Crippen molar-refractivity contribution < 1.29 is 14.3 Å². The first-order valence-electron chi connectivity index (χ1n) is 8.71. The summed E-state index contributed by atoms with van der Waals surface area (Å²) in [6.45, 7) is 1.38. The highest BCUT2D eigenvalue weighted by Crippen LogP contribution is 2.34. The molecule has 0 spiro atoms. The van der Waals surface area contributed by atoms with E-state index >= 15 is 0 Å². The molecule has 0 aromatic heterocycles. The minimum Gasteiger partial charge on any atom is -0.493 e. The Balaban J connectivity index is 1.71. The highest BCUT2D eigenvalue weighted by atomic mass is 16.5. The summed E-state index contributed by atoms with van der Waals surface area (Å²) < 4.78 is 10.8. The fraction of sp³-hybridized carbons (Fsp3) is 0.227. The lowest BCUT2D eigenvalue weighted by atomic mass is 9.94. The molecule has 0 atom stereocenters. The number of methoxy groups -OCH3 is 2. The maximum Gasteiger partial charge on any atom is 0.254 e. The van der Waals surface area contributed by atoms with Crippen molar-refractivity contribution in [3.63, 3.8) is 0 Å². The molecule has 0 radical (unpaired) electrons. The third kappa shape index (κ3) is 2.88. The molecule has 0 bridgehead atoms. The molecule has 26 heavy (non-hydrogen) atoms. The molecular weight excluding hydrogens is 326 g/mol. The van der Waals surface area contributed by atoms with Gasteiger partial charge in [0.2, 0.25) is 0 Å². The summed E-state index contributed by atoms with van der Waals surface area (Å²) in [5, 5.41) is 2.04. The Bertz CT molecular complexity index is 966. The number of carbonyl (C=O) groups excluding carboxylic acids is 1. The van der Waals surface area contributed by atoms with E-state index in [1.54, 1.807) is 14.2 Å². The summed E-state index contributed by atoms with van der Waals surface area (Å²) in [6, 6.07) is 18.1. The van der Waals surface area contributed by atoms with Gasteiger partial charge in [-0.15, -0.1) is 0 Å². The Labute approximate surface area is 153 Å². The molecule has 3 aromatic rings. The van der Waals surface area contributed by atoms with E-state index in [-0.39, 0.29) is 5.91 Å². The van der Waals surface area contributed by atoms with Crippen LogP contribution in [0.4, 0.5) is 0 Å². The minimum absolute atomic E-state index is 0.0896. The summed E-state index contributed by atoms with van der Waals surface area (Å²) >= 11 is 0. The molecule has 0 unspecified atom stereocenters. The van der Waals surface area contributed by atoms with Crippen LogP contribution in [0.25, 0.3) is 10.8 Å². The maximum absolute atomic E-state index is 13.0. The van der Waals surface area contributed by atoms with Crippen LogP contribution in [-0.4, -0.2) is 31.6 Å². The predicted octanol–water partition coefficient (Wildman–Crippen LogP) is 4.06. The van der Waals surface area contributed by atoms with Gasteiger partial charge in [0, 0.05) is 18.7 Å². The molecule has 1 aliphatic rings. The molecule has 1 amide bonds. The summed E-state index contributed by atoms with van der Waals surface area (Å²) in [6.07, 6.45) is 0.859. The van der Waals surface area contributed by atoms with Crippen molar-refractivity contribution in [2.24, 2.45) is 0 Å². The van der Waals surface area contributed by atoms with Crippen molar-refractivity contribution in [1.82, 2.24) is 4.90 Å². The number of nitrogens with zero attached hydrogens (tertiary/aromatic N) is 1. The Kier molecular flexibility index (Phi) is 4.25. The number of ether oxygens (including phenoxy) is 2. The van der Waals surface area contributed by atoms with Gasteiger partial charge in [-0.25, -0.2) is 0 Å². The SMILES string of the molecule is COc1cc2cc3c(cc2cc1OC)C(=O)N(Cc1ccccc1)CC3. The quantitative estimate of drug-likeness (QED) is 0.714. The highest BCUT2D eigenvalue weighted by Gasteiger charge is 2.25. The summed E-state index contributed by atoms with van der Waals surface area (Å²) in [7, 11) is 3.25. The second kappa shape index (κ2) is 6.71. The van der Waals surface area contributed by atoms with Crippen molar-refractivity contribution in [2.75, 3.05) is 20.8 Å². The molecule has 0 saturated carbocycles. The smallest absolute Gasteiger partial charge is 0.254 e. The van der Waals surface area contributed by atoms with E-state index in [0.717, 1.165) is 40.4 Å². The normalized spacial score (nSPS) is 13.6. The van der Waals surface area contributed by atoms with E-state index < -0.39 is 0 Å². The van der Waals surface area contributed by atoms with Gasteiger partial charge in [-0.05, 0) is 46.5 Å². The Morgan fingerprint density at radius 2 is 1.58 bits per heavy atom. The third-order valence-corrected chi connectivity index (χ3v) is 4.95. The first-order chi connectivity index (χ1) is 12.7. The molecule has 132 valence electrons. The zero-order valence-corrected chi connectivity index (χ0v) is 15.0. The van der Waals surface area contributed by atoms with Gasteiger partial charge in [-0.2, -0.15) is 0 Å². The van der Waals surface area contributed by atoms with Gasteiger partial charge in [0.25, 0.3) is 5.91 Å². The van der Waals surface area contributed by atoms with Crippen LogP contribution in [0.1, 0.15) is 21.5 Å². The third-order valence-electron chi connectivity index (χ3n) is 4.95. The number of fused-ring (bicyclic) bond motifs is 2. The van der Waals surface area contributed by atoms with Crippen LogP contribution in [0, 0.1) is 0 Å². The van der Waals surface area contributed by atoms with Crippen molar-refractivity contribution in [1.29, 1.82) is 0 Å². The number of benzene rings is 3. The van der Waals surface area contributed by atoms with Gasteiger partial charge < -0.3 is 14.4 Å². The number of carbonyl (C=O) groups is 1. The van der Waals surface area contributed by atoms with Crippen LogP contribution >= 0.6 is 0 Å². The highest BCUT2D eigenvalue weighted by molar-refractivity contribution is 6.01. The van der Waals surface area contributed by atoms with Gasteiger partial charge in [-0.3, -0.25) is 4.79 Å². The first-order valence-corrected chi connectivity index (χ1v) is 8.71. The fourth-order valence-electron chi connectivity index (χ4n) is 3.56. The van der Waals surface area contributed by atoms with E-state index in [9.17, 15) is 4.79 Å². The van der Waals surface area contributed by atoms with Crippen molar-refractivity contribution in [3.05, 3.63) is 71.3 Å². The van der Waals surface area contributed by atoms with E-state index in [1.165, 1.54) is 0 Å². The Morgan fingerprint density at radius 3 is 2.23 bits per heavy atom. The molecule has 1 heterocycles. The lowest BCUT2D eigenvalue weighted by molar-refractivity contribution is 0.0727. The van der Waals surface area contributed by atoms with Gasteiger partial charge in [0.1, 0.15) is 0 Å². The largest absolute Gasteiger partial charge is 0.493 e. The number of hydrogen-bond acceptors (Lipinski definition) is 3. The topological polar surface area (TPSA) is 38.8 Å². The van der Waals surface area contributed by atoms with E-state index in [2.05, 4.69) is 18.2 Å². The molecular formula is C22H21NO3.